The molecule has 0 radical (unpaired) electrons. The number of hydrogen-bond acceptors (Lipinski definition) is 7. The fraction of sp³-hybridized carbons (Fsp3) is 0.280. The van der Waals surface area contributed by atoms with Crippen LogP contribution in [0.2, 0.25) is 0 Å². The van der Waals surface area contributed by atoms with Crippen molar-refractivity contribution in [2.24, 2.45) is 0 Å². The van der Waals surface area contributed by atoms with Crippen LogP contribution in [0, 0.1) is 5.82 Å². The van der Waals surface area contributed by atoms with Crippen molar-refractivity contribution in [1.82, 2.24) is 19.7 Å². The molecular formula is C25H28FN5O4S3. The van der Waals surface area contributed by atoms with Gasteiger partial charge in [0.15, 0.2) is 5.11 Å². The minimum Gasteiger partial charge on any atom is -0.346 e. The summed E-state index contributed by atoms with van der Waals surface area (Å²) < 4.78 is 66.6. The highest BCUT2D eigenvalue weighted by Crippen LogP contribution is 2.29. The molecule has 2 aromatic carbocycles. The Balaban J connectivity index is 1.51. The zero-order valence-corrected chi connectivity index (χ0v) is 23.3. The van der Waals surface area contributed by atoms with E-state index in [9.17, 15) is 21.2 Å². The van der Waals surface area contributed by atoms with Crippen molar-refractivity contribution >= 4 is 42.9 Å². The molecule has 3 aromatic rings. The Hall–Kier alpha value is -2.97. The Kier molecular flexibility index (Phi) is 8.43. The van der Waals surface area contributed by atoms with Crippen molar-refractivity contribution in [3.63, 3.8) is 0 Å². The van der Waals surface area contributed by atoms with Gasteiger partial charge in [-0.2, -0.15) is 0 Å². The molecule has 1 aliphatic heterocycles. The van der Waals surface area contributed by atoms with Crippen LogP contribution in [-0.4, -0.2) is 63.0 Å². The van der Waals surface area contributed by atoms with Gasteiger partial charge in [-0.05, 0) is 72.2 Å². The Bertz CT molecular complexity index is 1510. The summed E-state index contributed by atoms with van der Waals surface area (Å²) in [5.41, 5.74) is 1.24. The zero-order chi connectivity index (χ0) is 27.5. The average molecular weight is 578 g/mol. The van der Waals surface area contributed by atoms with Crippen molar-refractivity contribution in [3.05, 3.63) is 78.4 Å². The Morgan fingerprint density at radius 2 is 1.63 bits per heavy atom. The average Bonchev–Trinajstić information content (AvgIpc) is 2.89. The predicted octanol–water partition coefficient (Wildman–Crippen LogP) is 3.38. The number of hydrazine groups is 1. The van der Waals surface area contributed by atoms with Gasteiger partial charge in [-0.1, -0.05) is 19.9 Å². The molecule has 13 heteroatoms. The Morgan fingerprint density at radius 1 is 0.974 bits per heavy atom. The standard InChI is InChI=1S/C25H28FN5O4S3/c1-18(2)23-10-9-22(37(32,33)21-7-5-19(26)6-8-21)16-24(23)38(34,35)29-31-14-12-30(13-15-31)25(36)28-20-4-3-11-27-17-20/h3-11,16-18,29H,12-15H2,1-2H3,(H,28,36). The summed E-state index contributed by atoms with van der Waals surface area (Å²) in [6.45, 7) is 5.33. The topological polar surface area (TPSA) is 112 Å². The second-order valence-corrected chi connectivity index (χ2v) is 13.0. The van der Waals surface area contributed by atoms with Gasteiger partial charge in [-0.15, -0.1) is 4.83 Å². The summed E-state index contributed by atoms with van der Waals surface area (Å²) in [6.07, 6.45) is 3.32. The second kappa shape index (κ2) is 11.4. The van der Waals surface area contributed by atoms with Crippen LogP contribution < -0.4 is 10.1 Å². The Labute approximate surface area is 227 Å². The summed E-state index contributed by atoms with van der Waals surface area (Å²) in [7, 11) is -8.18. The van der Waals surface area contributed by atoms with E-state index in [0.29, 0.717) is 36.9 Å². The number of sulfonamides is 1. The molecule has 38 heavy (non-hydrogen) atoms. The number of sulfone groups is 1. The van der Waals surface area contributed by atoms with Crippen LogP contribution in [-0.2, 0) is 19.9 Å². The van der Waals surface area contributed by atoms with Gasteiger partial charge in [0.2, 0.25) is 9.84 Å². The summed E-state index contributed by atoms with van der Waals surface area (Å²) in [6, 6.07) is 12.1. The molecule has 0 saturated carbocycles. The third-order valence-corrected chi connectivity index (χ3v) is 9.62. The van der Waals surface area contributed by atoms with Gasteiger partial charge in [0.1, 0.15) is 5.82 Å². The number of aromatic nitrogens is 1. The van der Waals surface area contributed by atoms with E-state index in [-0.39, 0.29) is 20.6 Å². The molecule has 0 bridgehead atoms. The van der Waals surface area contributed by atoms with Gasteiger partial charge in [0.05, 0.1) is 26.6 Å². The second-order valence-electron chi connectivity index (χ2n) is 9.05. The van der Waals surface area contributed by atoms with Gasteiger partial charge in [-0.25, -0.2) is 26.2 Å². The molecule has 1 fully saturated rings. The minimum atomic E-state index is -4.12. The summed E-state index contributed by atoms with van der Waals surface area (Å²) >= 11 is 5.48. The normalized spacial score (nSPS) is 15.0. The number of anilines is 1. The number of nitrogens with one attached hydrogen (secondary N) is 2. The number of piperazine rings is 1. The fourth-order valence-corrected chi connectivity index (χ4v) is 7.18. The minimum absolute atomic E-state index is 0.119. The van der Waals surface area contributed by atoms with Crippen LogP contribution >= 0.6 is 12.2 Å². The van der Waals surface area contributed by atoms with Gasteiger partial charge in [0, 0.05) is 32.4 Å². The Morgan fingerprint density at radius 3 is 2.24 bits per heavy atom. The molecule has 4 rings (SSSR count). The lowest BCUT2D eigenvalue weighted by Crippen LogP contribution is -2.55. The molecule has 1 aliphatic rings. The lowest BCUT2D eigenvalue weighted by atomic mass is 10.0. The molecule has 0 unspecified atom stereocenters. The number of rotatable bonds is 7. The maximum Gasteiger partial charge on any atom is 0.253 e. The van der Waals surface area contributed by atoms with Crippen molar-refractivity contribution < 1.29 is 21.2 Å². The van der Waals surface area contributed by atoms with E-state index >= 15 is 0 Å². The van der Waals surface area contributed by atoms with E-state index in [1.807, 2.05) is 24.8 Å². The van der Waals surface area contributed by atoms with Crippen LogP contribution in [0.5, 0.6) is 0 Å². The largest absolute Gasteiger partial charge is 0.346 e. The summed E-state index contributed by atoms with van der Waals surface area (Å²) in [5, 5.41) is 5.21. The van der Waals surface area contributed by atoms with Gasteiger partial charge in [0.25, 0.3) is 10.0 Å². The highest BCUT2D eigenvalue weighted by Gasteiger charge is 2.28. The monoisotopic (exact) mass is 577 g/mol. The fourth-order valence-electron chi connectivity index (χ4n) is 4.00. The van der Waals surface area contributed by atoms with E-state index in [0.717, 1.165) is 30.0 Å². The predicted molar refractivity (Wildman–Crippen MR) is 146 cm³/mol. The van der Waals surface area contributed by atoms with Gasteiger partial charge in [-0.3, -0.25) is 4.98 Å². The smallest absolute Gasteiger partial charge is 0.253 e. The lowest BCUT2D eigenvalue weighted by molar-refractivity contribution is 0.161. The number of nitrogens with zero attached hydrogens (tertiary/aromatic N) is 3. The highest BCUT2D eigenvalue weighted by molar-refractivity contribution is 7.91. The molecule has 0 spiro atoms. The SMILES string of the molecule is CC(C)c1ccc(S(=O)(=O)c2ccc(F)cc2)cc1S(=O)(=O)NN1CCN(C(=S)Nc2cccnc2)CC1. The molecule has 2 N–H and O–H groups in total. The number of benzene rings is 2. The molecule has 1 saturated heterocycles. The first-order valence-electron chi connectivity index (χ1n) is 11.9. The van der Waals surface area contributed by atoms with Crippen molar-refractivity contribution in [2.45, 2.75) is 34.5 Å². The maximum atomic E-state index is 13.5. The van der Waals surface area contributed by atoms with Crippen LogP contribution in [0.4, 0.5) is 10.1 Å². The third kappa shape index (κ3) is 6.35. The van der Waals surface area contributed by atoms with Crippen LogP contribution in [0.1, 0.15) is 25.3 Å². The lowest BCUT2D eigenvalue weighted by Gasteiger charge is -2.36. The van der Waals surface area contributed by atoms with Crippen molar-refractivity contribution in [2.75, 3.05) is 31.5 Å². The van der Waals surface area contributed by atoms with E-state index in [4.69, 9.17) is 12.2 Å². The molecule has 0 amide bonds. The summed E-state index contributed by atoms with van der Waals surface area (Å²) in [4.78, 5) is 8.15. The first-order chi connectivity index (χ1) is 18.0. The first kappa shape index (κ1) is 28.0. The third-order valence-electron chi connectivity index (χ3n) is 6.06. The van der Waals surface area contributed by atoms with E-state index in [2.05, 4.69) is 15.1 Å². The number of hydrogen-bond donors (Lipinski definition) is 2. The number of pyridine rings is 1. The molecule has 2 heterocycles. The number of halogens is 1. The van der Waals surface area contributed by atoms with Gasteiger partial charge < -0.3 is 10.2 Å². The quantitative estimate of drug-likeness (QED) is 0.322. The van der Waals surface area contributed by atoms with E-state index < -0.39 is 25.7 Å². The zero-order valence-electron chi connectivity index (χ0n) is 20.8. The molecule has 9 nitrogen and oxygen atoms in total. The van der Waals surface area contributed by atoms with Gasteiger partial charge >= 0.3 is 0 Å². The number of thiocarbonyl (C=S) groups is 1. The molecule has 0 aliphatic carbocycles. The maximum absolute atomic E-state index is 13.5. The molecule has 1 aromatic heterocycles. The van der Waals surface area contributed by atoms with Crippen LogP contribution in [0.3, 0.4) is 0 Å². The highest BCUT2D eigenvalue weighted by atomic mass is 32.2. The van der Waals surface area contributed by atoms with Crippen molar-refractivity contribution in [3.8, 4) is 0 Å². The van der Waals surface area contributed by atoms with Crippen molar-refractivity contribution in [1.29, 1.82) is 0 Å². The summed E-state index contributed by atoms with van der Waals surface area (Å²) in [5.74, 6) is -0.753. The molecule has 202 valence electrons. The molecule has 0 atom stereocenters. The van der Waals surface area contributed by atoms with E-state index in [1.54, 1.807) is 23.5 Å². The van der Waals surface area contributed by atoms with Crippen LogP contribution in [0.25, 0.3) is 0 Å². The van der Waals surface area contributed by atoms with E-state index in [1.165, 1.54) is 18.2 Å². The van der Waals surface area contributed by atoms with Crippen LogP contribution in [0.15, 0.2) is 81.7 Å². The molecular weight excluding hydrogens is 550 g/mol. The first-order valence-corrected chi connectivity index (χ1v) is 15.2.